The van der Waals surface area contributed by atoms with Crippen LogP contribution < -0.4 is 5.32 Å². The van der Waals surface area contributed by atoms with Gasteiger partial charge in [0.15, 0.2) is 5.82 Å². The Hall–Kier alpha value is -1.82. The number of hydrogen-bond donors (Lipinski definition) is 1. The second-order valence-electron chi connectivity index (χ2n) is 5.45. The van der Waals surface area contributed by atoms with Crippen molar-refractivity contribution in [2.24, 2.45) is 0 Å². The predicted octanol–water partition coefficient (Wildman–Crippen LogP) is 1.73. The first-order valence-corrected chi connectivity index (χ1v) is 6.87. The standard InChI is InChI=1S/C14H18FN5/c1-9-5-11(6-10(2)14(9)15)8-20-13(17-18-19-20)7-16-12-3-4-12/h5-6,12,16H,3-4,7-8H2,1-2H3. The van der Waals surface area contributed by atoms with Crippen LogP contribution in [0.15, 0.2) is 12.1 Å². The second-order valence-corrected chi connectivity index (χ2v) is 5.45. The maximum atomic E-state index is 13.6. The molecular weight excluding hydrogens is 257 g/mol. The molecule has 1 aromatic heterocycles. The largest absolute Gasteiger partial charge is 0.307 e. The third-order valence-electron chi connectivity index (χ3n) is 3.56. The zero-order valence-corrected chi connectivity index (χ0v) is 11.7. The fourth-order valence-corrected chi connectivity index (χ4v) is 2.30. The van der Waals surface area contributed by atoms with Crippen LogP contribution in [-0.4, -0.2) is 26.2 Å². The van der Waals surface area contributed by atoms with E-state index < -0.39 is 0 Å². The average molecular weight is 275 g/mol. The topological polar surface area (TPSA) is 55.6 Å². The van der Waals surface area contributed by atoms with Crippen molar-refractivity contribution >= 4 is 0 Å². The van der Waals surface area contributed by atoms with E-state index >= 15 is 0 Å². The van der Waals surface area contributed by atoms with Crippen LogP contribution in [0, 0.1) is 19.7 Å². The molecule has 6 heteroatoms. The summed E-state index contributed by atoms with van der Waals surface area (Å²) in [7, 11) is 0. The molecule has 0 bridgehead atoms. The molecule has 0 unspecified atom stereocenters. The molecule has 0 aliphatic heterocycles. The Kier molecular flexibility index (Phi) is 3.48. The molecule has 1 fully saturated rings. The van der Waals surface area contributed by atoms with Crippen LogP contribution in [-0.2, 0) is 13.1 Å². The van der Waals surface area contributed by atoms with E-state index in [2.05, 4.69) is 20.8 Å². The Morgan fingerprint density at radius 1 is 1.30 bits per heavy atom. The number of rotatable bonds is 5. The fourth-order valence-electron chi connectivity index (χ4n) is 2.30. The van der Waals surface area contributed by atoms with Gasteiger partial charge in [-0.05, 0) is 53.8 Å². The number of hydrogen-bond acceptors (Lipinski definition) is 4. The molecule has 0 spiro atoms. The minimum atomic E-state index is -0.138. The first-order valence-electron chi connectivity index (χ1n) is 6.87. The van der Waals surface area contributed by atoms with Crippen molar-refractivity contribution in [3.05, 3.63) is 40.5 Å². The molecule has 1 heterocycles. The molecule has 5 nitrogen and oxygen atoms in total. The van der Waals surface area contributed by atoms with Crippen molar-refractivity contribution in [3.8, 4) is 0 Å². The normalized spacial score (nSPS) is 14.8. The molecule has 0 radical (unpaired) electrons. The number of nitrogens with zero attached hydrogens (tertiary/aromatic N) is 4. The summed E-state index contributed by atoms with van der Waals surface area (Å²) >= 11 is 0. The van der Waals surface area contributed by atoms with E-state index in [1.54, 1.807) is 18.5 Å². The lowest BCUT2D eigenvalue weighted by molar-refractivity contribution is 0.574. The van der Waals surface area contributed by atoms with E-state index in [1.807, 2.05) is 12.1 Å². The summed E-state index contributed by atoms with van der Waals surface area (Å²) < 4.78 is 15.4. The van der Waals surface area contributed by atoms with Gasteiger partial charge in [0, 0.05) is 6.04 Å². The van der Waals surface area contributed by atoms with Gasteiger partial charge in [0.2, 0.25) is 0 Å². The minimum Gasteiger partial charge on any atom is -0.307 e. The van der Waals surface area contributed by atoms with Crippen LogP contribution in [0.5, 0.6) is 0 Å². The van der Waals surface area contributed by atoms with Crippen LogP contribution in [0.4, 0.5) is 4.39 Å². The number of halogens is 1. The number of aryl methyl sites for hydroxylation is 2. The van der Waals surface area contributed by atoms with Crippen LogP contribution >= 0.6 is 0 Å². The van der Waals surface area contributed by atoms with Crippen LogP contribution in [0.3, 0.4) is 0 Å². The van der Waals surface area contributed by atoms with Crippen molar-refractivity contribution in [2.45, 2.75) is 45.8 Å². The van der Waals surface area contributed by atoms with E-state index in [-0.39, 0.29) is 5.82 Å². The molecular formula is C14H18FN5. The van der Waals surface area contributed by atoms with Crippen molar-refractivity contribution < 1.29 is 4.39 Å². The average Bonchev–Trinajstić information content (AvgIpc) is 3.14. The minimum absolute atomic E-state index is 0.138. The molecule has 1 N–H and O–H groups in total. The lowest BCUT2D eigenvalue weighted by Crippen LogP contribution is -2.19. The summed E-state index contributed by atoms with van der Waals surface area (Å²) in [5.41, 5.74) is 2.33. The summed E-state index contributed by atoms with van der Waals surface area (Å²) in [5, 5.41) is 15.2. The molecule has 1 aromatic carbocycles. The first-order chi connectivity index (χ1) is 9.63. The van der Waals surface area contributed by atoms with E-state index in [1.165, 1.54) is 12.8 Å². The molecule has 106 valence electrons. The molecule has 20 heavy (non-hydrogen) atoms. The Balaban J connectivity index is 1.75. The smallest absolute Gasteiger partial charge is 0.165 e. The maximum Gasteiger partial charge on any atom is 0.165 e. The van der Waals surface area contributed by atoms with Crippen LogP contribution in [0.2, 0.25) is 0 Å². The number of nitrogens with one attached hydrogen (secondary N) is 1. The molecule has 1 saturated carbocycles. The third kappa shape index (κ3) is 2.85. The van der Waals surface area contributed by atoms with Crippen molar-refractivity contribution in [1.29, 1.82) is 0 Å². The van der Waals surface area contributed by atoms with Gasteiger partial charge in [-0.1, -0.05) is 12.1 Å². The Morgan fingerprint density at radius 2 is 2.00 bits per heavy atom. The van der Waals surface area contributed by atoms with E-state index in [0.717, 1.165) is 11.4 Å². The number of tetrazole rings is 1. The van der Waals surface area contributed by atoms with Gasteiger partial charge in [-0.25, -0.2) is 9.07 Å². The number of aromatic nitrogens is 4. The Morgan fingerprint density at radius 3 is 2.65 bits per heavy atom. The zero-order valence-electron chi connectivity index (χ0n) is 11.7. The van der Waals surface area contributed by atoms with Crippen molar-refractivity contribution in [1.82, 2.24) is 25.5 Å². The summed E-state index contributed by atoms with van der Waals surface area (Å²) in [5.74, 6) is 0.678. The quantitative estimate of drug-likeness (QED) is 0.903. The van der Waals surface area contributed by atoms with E-state index in [4.69, 9.17) is 0 Å². The molecule has 0 atom stereocenters. The summed E-state index contributed by atoms with van der Waals surface area (Å²) in [6, 6.07) is 4.32. The van der Waals surface area contributed by atoms with Gasteiger partial charge in [-0.2, -0.15) is 0 Å². The van der Waals surface area contributed by atoms with E-state index in [9.17, 15) is 4.39 Å². The fraction of sp³-hybridized carbons (Fsp3) is 0.500. The monoisotopic (exact) mass is 275 g/mol. The molecule has 0 amide bonds. The highest BCUT2D eigenvalue weighted by molar-refractivity contribution is 5.30. The van der Waals surface area contributed by atoms with Gasteiger partial charge in [-0.3, -0.25) is 0 Å². The highest BCUT2D eigenvalue weighted by Gasteiger charge is 2.21. The van der Waals surface area contributed by atoms with Gasteiger partial charge in [0.1, 0.15) is 5.82 Å². The SMILES string of the molecule is Cc1cc(Cn2nnnc2CNC2CC2)cc(C)c1F. The van der Waals surface area contributed by atoms with E-state index in [0.29, 0.717) is 30.3 Å². The summed E-state index contributed by atoms with van der Waals surface area (Å²) in [6.07, 6.45) is 2.47. The Labute approximate surface area is 117 Å². The highest BCUT2D eigenvalue weighted by atomic mass is 19.1. The summed E-state index contributed by atoms with van der Waals surface area (Å²) in [6.45, 7) is 4.80. The van der Waals surface area contributed by atoms with Gasteiger partial charge in [-0.15, -0.1) is 5.10 Å². The van der Waals surface area contributed by atoms with Gasteiger partial charge in [0.25, 0.3) is 0 Å². The lowest BCUT2D eigenvalue weighted by Gasteiger charge is -2.08. The third-order valence-corrected chi connectivity index (χ3v) is 3.56. The van der Waals surface area contributed by atoms with Gasteiger partial charge < -0.3 is 5.32 Å². The zero-order chi connectivity index (χ0) is 14.1. The van der Waals surface area contributed by atoms with Crippen LogP contribution in [0.25, 0.3) is 0 Å². The lowest BCUT2D eigenvalue weighted by atomic mass is 10.1. The Bertz CT molecular complexity index is 595. The molecule has 2 aromatic rings. The summed E-state index contributed by atoms with van der Waals surface area (Å²) in [4.78, 5) is 0. The van der Waals surface area contributed by atoms with Crippen LogP contribution in [0.1, 0.15) is 35.4 Å². The maximum absolute atomic E-state index is 13.6. The second kappa shape index (κ2) is 5.28. The predicted molar refractivity (Wildman–Crippen MR) is 72.7 cm³/mol. The van der Waals surface area contributed by atoms with Crippen molar-refractivity contribution in [3.63, 3.8) is 0 Å². The molecule has 0 saturated heterocycles. The van der Waals surface area contributed by atoms with Crippen molar-refractivity contribution in [2.75, 3.05) is 0 Å². The molecule has 1 aliphatic carbocycles. The highest BCUT2D eigenvalue weighted by Crippen LogP contribution is 2.19. The molecule has 3 rings (SSSR count). The number of benzene rings is 1. The molecule has 1 aliphatic rings. The van der Waals surface area contributed by atoms with Gasteiger partial charge >= 0.3 is 0 Å². The van der Waals surface area contributed by atoms with Gasteiger partial charge in [0.05, 0.1) is 13.1 Å². The first kappa shape index (κ1) is 13.2.